The molecule has 4 aromatic rings. The third-order valence-corrected chi connectivity index (χ3v) is 4.18. The summed E-state index contributed by atoms with van der Waals surface area (Å²) >= 11 is 0. The summed E-state index contributed by atoms with van der Waals surface area (Å²) in [6.45, 7) is 0. The Labute approximate surface area is 161 Å². The van der Waals surface area contributed by atoms with Gasteiger partial charge in [-0.1, -0.05) is 18.2 Å². The van der Waals surface area contributed by atoms with Crippen molar-refractivity contribution >= 4 is 33.9 Å². The Morgan fingerprint density at radius 2 is 1.79 bits per heavy atom. The summed E-state index contributed by atoms with van der Waals surface area (Å²) < 4.78 is 0. The van der Waals surface area contributed by atoms with E-state index >= 15 is 0 Å². The van der Waals surface area contributed by atoms with E-state index in [1.165, 1.54) is 6.20 Å². The van der Waals surface area contributed by atoms with Crippen LogP contribution in [-0.4, -0.2) is 15.9 Å². The average molecular weight is 365 g/mol. The molecule has 2 heterocycles. The number of fused-ring (bicyclic) bond motifs is 1. The van der Waals surface area contributed by atoms with E-state index in [9.17, 15) is 4.79 Å². The summed E-state index contributed by atoms with van der Waals surface area (Å²) in [7, 11) is 0. The molecule has 0 aliphatic carbocycles. The minimum absolute atomic E-state index is 0.269. The van der Waals surface area contributed by atoms with Crippen molar-refractivity contribution in [3.63, 3.8) is 0 Å². The van der Waals surface area contributed by atoms with Crippen LogP contribution in [0.2, 0.25) is 0 Å². The van der Waals surface area contributed by atoms with Gasteiger partial charge in [0.25, 0.3) is 5.91 Å². The number of carbonyl (C=O) groups is 1. The summed E-state index contributed by atoms with van der Waals surface area (Å²) in [5.74, 6) is -0.269. The van der Waals surface area contributed by atoms with E-state index in [2.05, 4.69) is 26.7 Å². The quantitative estimate of drug-likeness (QED) is 0.556. The molecule has 4 rings (SSSR count). The fraction of sp³-hybridized carbons (Fsp3) is 0. The van der Waals surface area contributed by atoms with Crippen molar-refractivity contribution in [1.82, 2.24) is 9.97 Å². The van der Waals surface area contributed by atoms with Gasteiger partial charge in [0, 0.05) is 23.5 Å². The second-order valence-electron chi connectivity index (χ2n) is 6.11. The number of nitrogens with one attached hydrogen (secondary N) is 2. The number of amides is 1. The lowest BCUT2D eigenvalue weighted by atomic mass is 10.1. The molecule has 0 atom stereocenters. The highest BCUT2D eigenvalue weighted by Crippen LogP contribution is 2.22. The fourth-order valence-electron chi connectivity index (χ4n) is 2.83. The number of pyridine rings is 2. The van der Waals surface area contributed by atoms with Crippen molar-refractivity contribution in [1.29, 1.82) is 5.26 Å². The van der Waals surface area contributed by atoms with Crippen LogP contribution in [0.25, 0.3) is 10.9 Å². The van der Waals surface area contributed by atoms with E-state index < -0.39 is 0 Å². The van der Waals surface area contributed by atoms with Crippen LogP contribution >= 0.6 is 0 Å². The molecule has 134 valence electrons. The number of hydrogen-bond donors (Lipinski definition) is 2. The number of anilines is 3. The van der Waals surface area contributed by atoms with Gasteiger partial charge < -0.3 is 10.6 Å². The summed E-state index contributed by atoms with van der Waals surface area (Å²) in [6, 6.07) is 20.3. The Hall–Kier alpha value is -4.24. The number of carbonyl (C=O) groups excluding carboxylic acids is 1. The van der Waals surface area contributed by atoms with Crippen molar-refractivity contribution in [2.45, 2.75) is 0 Å². The molecule has 1 amide bonds. The van der Waals surface area contributed by atoms with Crippen LogP contribution in [0.5, 0.6) is 0 Å². The first-order valence-corrected chi connectivity index (χ1v) is 8.60. The van der Waals surface area contributed by atoms with Crippen LogP contribution in [0.3, 0.4) is 0 Å². The normalized spacial score (nSPS) is 10.2. The lowest BCUT2D eigenvalue weighted by Gasteiger charge is -2.10. The second-order valence-corrected chi connectivity index (χ2v) is 6.11. The molecule has 0 radical (unpaired) electrons. The van der Waals surface area contributed by atoms with Gasteiger partial charge in [-0.15, -0.1) is 0 Å². The zero-order valence-electron chi connectivity index (χ0n) is 14.8. The topological polar surface area (TPSA) is 90.7 Å². The van der Waals surface area contributed by atoms with Gasteiger partial charge in [-0.05, 0) is 42.5 Å². The molecule has 0 saturated carbocycles. The smallest absolute Gasteiger partial charge is 0.257 e. The molecular formula is C22H15N5O. The predicted octanol–water partition coefficient (Wildman–Crippen LogP) is 4.50. The largest absolute Gasteiger partial charge is 0.354 e. The first-order valence-electron chi connectivity index (χ1n) is 8.60. The van der Waals surface area contributed by atoms with Crippen LogP contribution in [0.1, 0.15) is 15.9 Å². The summed E-state index contributed by atoms with van der Waals surface area (Å²) in [5.41, 5.74) is 3.86. The number of benzene rings is 2. The van der Waals surface area contributed by atoms with Gasteiger partial charge in [-0.3, -0.25) is 14.8 Å². The highest BCUT2D eigenvalue weighted by molar-refractivity contribution is 6.08. The standard InChI is InChI=1S/C22H15N5O/c23-12-15-6-8-18(9-7-15)26-19-11-17(13-24-14-19)22(28)27-20-5-1-3-16-4-2-10-25-21(16)20/h1-11,13-14,26H,(H,27,28). The van der Waals surface area contributed by atoms with Crippen molar-refractivity contribution in [2.75, 3.05) is 10.6 Å². The van der Waals surface area contributed by atoms with Gasteiger partial charge in [-0.2, -0.15) is 5.26 Å². The van der Waals surface area contributed by atoms with E-state index in [0.717, 1.165) is 16.6 Å². The molecule has 2 aromatic heterocycles. The van der Waals surface area contributed by atoms with Crippen LogP contribution in [-0.2, 0) is 0 Å². The zero-order chi connectivity index (χ0) is 19.3. The first-order chi connectivity index (χ1) is 13.7. The van der Waals surface area contributed by atoms with Gasteiger partial charge in [0.2, 0.25) is 0 Å². The average Bonchev–Trinajstić information content (AvgIpc) is 2.75. The van der Waals surface area contributed by atoms with E-state index in [1.807, 2.05) is 30.3 Å². The monoisotopic (exact) mass is 365 g/mol. The molecule has 0 fully saturated rings. The predicted molar refractivity (Wildman–Crippen MR) is 108 cm³/mol. The van der Waals surface area contributed by atoms with Crippen molar-refractivity contribution in [3.8, 4) is 6.07 Å². The van der Waals surface area contributed by atoms with E-state index in [-0.39, 0.29) is 5.91 Å². The fourth-order valence-corrected chi connectivity index (χ4v) is 2.83. The van der Waals surface area contributed by atoms with Gasteiger partial charge >= 0.3 is 0 Å². The second kappa shape index (κ2) is 7.56. The molecule has 2 aromatic carbocycles. The number of para-hydroxylation sites is 1. The Kier molecular flexibility index (Phi) is 4.64. The minimum atomic E-state index is -0.269. The van der Waals surface area contributed by atoms with E-state index in [1.54, 1.807) is 42.7 Å². The maximum Gasteiger partial charge on any atom is 0.257 e. The highest BCUT2D eigenvalue weighted by atomic mass is 16.1. The maximum atomic E-state index is 12.7. The lowest BCUT2D eigenvalue weighted by molar-refractivity contribution is 0.102. The Bertz CT molecular complexity index is 1190. The number of nitrogens with zero attached hydrogens (tertiary/aromatic N) is 3. The molecule has 6 nitrogen and oxygen atoms in total. The highest BCUT2D eigenvalue weighted by Gasteiger charge is 2.10. The van der Waals surface area contributed by atoms with Crippen LogP contribution in [0, 0.1) is 11.3 Å². The molecule has 0 spiro atoms. The summed E-state index contributed by atoms with van der Waals surface area (Å²) in [4.78, 5) is 21.2. The van der Waals surface area contributed by atoms with E-state index in [4.69, 9.17) is 5.26 Å². The molecule has 0 aliphatic rings. The maximum absolute atomic E-state index is 12.7. The summed E-state index contributed by atoms with van der Waals surface area (Å²) in [5, 5.41) is 15.9. The van der Waals surface area contributed by atoms with Crippen LogP contribution < -0.4 is 10.6 Å². The Balaban J connectivity index is 1.55. The van der Waals surface area contributed by atoms with Crippen molar-refractivity contribution in [2.24, 2.45) is 0 Å². The lowest BCUT2D eigenvalue weighted by Crippen LogP contribution is -2.13. The zero-order valence-corrected chi connectivity index (χ0v) is 14.8. The molecule has 6 heteroatoms. The van der Waals surface area contributed by atoms with Gasteiger partial charge in [0.05, 0.1) is 40.3 Å². The Morgan fingerprint density at radius 3 is 2.61 bits per heavy atom. The molecule has 0 unspecified atom stereocenters. The van der Waals surface area contributed by atoms with Crippen LogP contribution in [0.4, 0.5) is 17.1 Å². The van der Waals surface area contributed by atoms with Crippen LogP contribution in [0.15, 0.2) is 79.3 Å². The molecule has 0 saturated heterocycles. The number of rotatable bonds is 4. The third-order valence-electron chi connectivity index (χ3n) is 4.18. The SMILES string of the molecule is N#Cc1ccc(Nc2cncc(C(=O)Nc3cccc4cccnc34)c2)cc1. The minimum Gasteiger partial charge on any atom is -0.354 e. The molecular weight excluding hydrogens is 350 g/mol. The number of nitriles is 1. The molecule has 28 heavy (non-hydrogen) atoms. The third kappa shape index (κ3) is 3.64. The van der Waals surface area contributed by atoms with Gasteiger partial charge in [0.15, 0.2) is 0 Å². The Morgan fingerprint density at radius 1 is 0.964 bits per heavy atom. The number of hydrogen-bond acceptors (Lipinski definition) is 5. The first kappa shape index (κ1) is 17.2. The van der Waals surface area contributed by atoms with Gasteiger partial charge in [0.1, 0.15) is 0 Å². The van der Waals surface area contributed by atoms with Crippen molar-refractivity contribution in [3.05, 3.63) is 90.4 Å². The molecule has 2 N–H and O–H groups in total. The summed E-state index contributed by atoms with van der Waals surface area (Å²) in [6.07, 6.45) is 4.84. The molecule has 0 bridgehead atoms. The number of aromatic nitrogens is 2. The van der Waals surface area contributed by atoms with Gasteiger partial charge in [-0.25, -0.2) is 0 Å². The van der Waals surface area contributed by atoms with Crippen molar-refractivity contribution < 1.29 is 4.79 Å². The molecule has 0 aliphatic heterocycles. The van der Waals surface area contributed by atoms with E-state index in [0.29, 0.717) is 22.5 Å².